The predicted molar refractivity (Wildman–Crippen MR) is 89.9 cm³/mol. The van der Waals surface area contributed by atoms with Gasteiger partial charge >= 0.3 is 0 Å². The molecule has 0 amide bonds. The minimum absolute atomic E-state index is 0.537. The predicted octanol–water partition coefficient (Wildman–Crippen LogP) is 2.04. The van der Waals surface area contributed by atoms with Gasteiger partial charge < -0.3 is 10.5 Å². The van der Waals surface area contributed by atoms with Crippen LogP contribution in [0.5, 0.6) is 5.75 Å². The highest BCUT2D eigenvalue weighted by molar-refractivity contribution is 7.83. The fraction of sp³-hybridized carbons (Fsp3) is 0.235. The van der Waals surface area contributed by atoms with Crippen LogP contribution in [-0.2, 0) is 23.8 Å². The number of hydrogen-bond acceptors (Lipinski definition) is 4. The highest BCUT2D eigenvalue weighted by Gasteiger charge is 2.18. The summed E-state index contributed by atoms with van der Waals surface area (Å²) in [7, 11) is -1.34. The van der Waals surface area contributed by atoms with Crippen LogP contribution < -0.4 is 10.5 Å². The fourth-order valence-corrected chi connectivity index (χ4v) is 4.11. The SMILES string of the molecule is NCCc1cn(S(=O)c2ccc3c(c2)OCC3)c2cccnc12. The monoisotopic (exact) mass is 327 g/mol. The van der Waals surface area contributed by atoms with Crippen LogP contribution in [0.2, 0.25) is 0 Å². The maximum atomic E-state index is 13.0. The highest BCUT2D eigenvalue weighted by atomic mass is 32.2. The molecule has 1 aromatic carbocycles. The zero-order chi connectivity index (χ0) is 15.8. The van der Waals surface area contributed by atoms with E-state index < -0.39 is 11.0 Å². The fourth-order valence-electron chi connectivity index (χ4n) is 2.94. The Morgan fingerprint density at radius 3 is 3.13 bits per heavy atom. The van der Waals surface area contributed by atoms with E-state index in [0.717, 1.165) is 33.7 Å². The Kier molecular flexibility index (Phi) is 3.63. The lowest BCUT2D eigenvalue weighted by molar-refractivity contribution is 0.356. The summed E-state index contributed by atoms with van der Waals surface area (Å²) in [5.41, 5.74) is 9.60. The number of nitrogens with zero attached hydrogens (tertiary/aromatic N) is 2. The van der Waals surface area contributed by atoms with Crippen LogP contribution in [0.4, 0.5) is 0 Å². The van der Waals surface area contributed by atoms with E-state index in [1.165, 1.54) is 5.56 Å². The van der Waals surface area contributed by atoms with Crippen molar-refractivity contribution in [1.82, 2.24) is 8.96 Å². The molecule has 23 heavy (non-hydrogen) atoms. The molecular weight excluding hydrogens is 310 g/mol. The van der Waals surface area contributed by atoms with Crippen LogP contribution in [0.1, 0.15) is 11.1 Å². The molecule has 3 aromatic rings. The van der Waals surface area contributed by atoms with E-state index in [0.29, 0.717) is 19.6 Å². The van der Waals surface area contributed by atoms with E-state index in [1.807, 2.05) is 36.5 Å². The summed E-state index contributed by atoms with van der Waals surface area (Å²) in [6.07, 6.45) is 5.28. The van der Waals surface area contributed by atoms with Gasteiger partial charge in [-0.15, -0.1) is 0 Å². The van der Waals surface area contributed by atoms with Crippen molar-refractivity contribution in [3.05, 3.63) is 53.9 Å². The molecule has 1 unspecified atom stereocenters. The summed E-state index contributed by atoms with van der Waals surface area (Å²) in [6.45, 7) is 1.23. The zero-order valence-electron chi connectivity index (χ0n) is 12.6. The van der Waals surface area contributed by atoms with E-state index in [2.05, 4.69) is 4.98 Å². The number of rotatable bonds is 4. The molecule has 4 rings (SSSR count). The smallest absolute Gasteiger partial charge is 0.157 e. The van der Waals surface area contributed by atoms with Crippen molar-refractivity contribution in [2.24, 2.45) is 5.73 Å². The molecule has 1 atom stereocenters. The van der Waals surface area contributed by atoms with Crippen LogP contribution in [0.15, 0.2) is 47.6 Å². The summed E-state index contributed by atoms with van der Waals surface area (Å²) in [4.78, 5) is 5.15. The quantitative estimate of drug-likeness (QED) is 0.796. The Balaban J connectivity index is 1.81. The van der Waals surface area contributed by atoms with Crippen LogP contribution in [-0.4, -0.2) is 26.3 Å². The van der Waals surface area contributed by atoms with Crippen molar-refractivity contribution >= 4 is 22.0 Å². The molecule has 0 saturated heterocycles. The van der Waals surface area contributed by atoms with Gasteiger partial charge in [0.2, 0.25) is 0 Å². The van der Waals surface area contributed by atoms with Gasteiger partial charge in [0.05, 0.1) is 22.5 Å². The van der Waals surface area contributed by atoms with Gasteiger partial charge in [-0.25, -0.2) is 4.21 Å². The average molecular weight is 327 g/mol. The number of aromatic nitrogens is 2. The summed E-state index contributed by atoms with van der Waals surface area (Å²) in [5.74, 6) is 0.840. The Morgan fingerprint density at radius 2 is 2.26 bits per heavy atom. The first kappa shape index (κ1) is 14.4. The van der Waals surface area contributed by atoms with Gasteiger partial charge in [0.25, 0.3) is 0 Å². The molecule has 0 spiro atoms. The van der Waals surface area contributed by atoms with E-state index in [4.69, 9.17) is 10.5 Å². The Labute approximate surface area is 136 Å². The van der Waals surface area contributed by atoms with Gasteiger partial charge in [-0.3, -0.25) is 8.96 Å². The molecule has 0 fully saturated rings. The second kappa shape index (κ2) is 5.79. The topological polar surface area (TPSA) is 70.1 Å². The van der Waals surface area contributed by atoms with E-state index >= 15 is 0 Å². The number of pyridine rings is 1. The molecule has 2 aromatic heterocycles. The van der Waals surface area contributed by atoms with E-state index in [1.54, 1.807) is 10.2 Å². The highest BCUT2D eigenvalue weighted by Crippen LogP contribution is 2.29. The van der Waals surface area contributed by atoms with Gasteiger partial charge in [-0.2, -0.15) is 0 Å². The lowest BCUT2D eigenvalue weighted by Crippen LogP contribution is -2.04. The standard InChI is InChI=1S/C17H17N3O2S/c18-7-5-13-11-20(15-2-1-8-19-17(13)15)23(21)14-4-3-12-6-9-22-16(12)10-14/h1-4,8,10-11H,5-7,9,18H2. The second-order valence-corrected chi connectivity index (χ2v) is 6.87. The summed E-state index contributed by atoms with van der Waals surface area (Å²) < 4.78 is 20.4. The molecule has 1 aliphatic rings. The first-order valence-electron chi connectivity index (χ1n) is 7.61. The number of ether oxygens (including phenoxy) is 1. The molecule has 2 N–H and O–H groups in total. The Hall–Kier alpha value is -2.18. The van der Waals surface area contributed by atoms with Crippen molar-refractivity contribution < 1.29 is 8.95 Å². The third kappa shape index (κ3) is 2.44. The van der Waals surface area contributed by atoms with Crippen LogP contribution in [0, 0.1) is 0 Å². The minimum atomic E-state index is -1.34. The maximum Gasteiger partial charge on any atom is 0.157 e. The van der Waals surface area contributed by atoms with Gasteiger partial charge in [-0.1, -0.05) is 6.07 Å². The Bertz CT molecular complexity index is 904. The second-order valence-electron chi connectivity index (χ2n) is 5.51. The third-order valence-corrected chi connectivity index (χ3v) is 5.38. The van der Waals surface area contributed by atoms with Crippen LogP contribution in [0.3, 0.4) is 0 Å². The summed E-state index contributed by atoms with van der Waals surface area (Å²) in [5, 5.41) is 0. The summed E-state index contributed by atoms with van der Waals surface area (Å²) >= 11 is 0. The van der Waals surface area contributed by atoms with Crippen molar-refractivity contribution in [3.63, 3.8) is 0 Å². The molecule has 1 aliphatic heterocycles. The molecule has 0 bridgehead atoms. The lowest BCUT2D eigenvalue weighted by Gasteiger charge is -2.07. The largest absolute Gasteiger partial charge is 0.493 e. The molecule has 6 heteroatoms. The number of hydrogen-bond donors (Lipinski definition) is 1. The maximum absolute atomic E-state index is 13.0. The first-order valence-corrected chi connectivity index (χ1v) is 8.71. The van der Waals surface area contributed by atoms with Crippen molar-refractivity contribution in [3.8, 4) is 5.75 Å². The Morgan fingerprint density at radius 1 is 1.35 bits per heavy atom. The van der Waals surface area contributed by atoms with Crippen LogP contribution >= 0.6 is 0 Å². The van der Waals surface area contributed by atoms with Crippen molar-refractivity contribution in [1.29, 1.82) is 0 Å². The molecular formula is C17H17N3O2S. The number of nitrogens with two attached hydrogens (primary N) is 1. The molecule has 5 nitrogen and oxygen atoms in total. The number of fused-ring (bicyclic) bond motifs is 2. The normalized spacial score (nSPS) is 14.7. The van der Waals surface area contributed by atoms with Crippen LogP contribution in [0.25, 0.3) is 11.0 Å². The zero-order valence-corrected chi connectivity index (χ0v) is 13.4. The minimum Gasteiger partial charge on any atom is -0.493 e. The molecule has 0 saturated carbocycles. The van der Waals surface area contributed by atoms with Gasteiger partial charge in [0.1, 0.15) is 5.75 Å². The molecule has 118 valence electrons. The van der Waals surface area contributed by atoms with Gasteiger partial charge in [0, 0.05) is 18.8 Å². The van der Waals surface area contributed by atoms with E-state index in [-0.39, 0.29) is 0 Å². The lowest BCUT2D eigenvalue weighted by atomic mass is 10.2. The first-order chi connectivity index (χ1) is 11.3. The van der Waals surface area contributed by atoms with Gasteiger partial charge in [-0.05, 0) is 48.4 Å². The molecule has 0 radical (unpaired) electrons. The molecule has 3 heterocycles. The number of benzene rings is 1. The molecule has 0 aliphatic carbocycles. The van der Waals surface area contributed by atoms with Crippen molar-refractivity contribution in [2.75, 3.05) is 13.2 Å². The average Bonchev–Trinajstić information content (AvgIpc) is 3.19. The van der Waals surface area contributed by atoms with Crippen molar-refractivity contribution in [2.45, 2.75) is 17.7 Å². The summed E-state index contributed by atoms with van der Waals surface area (Å²) in [6, 6.07) is 9.58. The van der Waals surface area contributed by atoms with E-state index in [9.17, 15) is 4.21 Å². The third-order valence-electron chi connectivity index (χ3n) is 4.06. The van der Waals surface area contributed by atoms with Gasteiger partial charge in [0.15, 0.2) is 11.0 Å².